The molecule has 2 amide bonds. The van der Waals surface area contributed by atoms with Crippen LogP contribution < -0.4 is 31.6 Å². The van der Waals surface area contributed by atoms with E-state index in [-0.39, 0.29) is 36.6 Å². The number of anilines is 2. The summed E-state index contributed by atoms with van der Waals surface area (Å²) in [5, 5.41) is 5.79. The van der Waals surface area contributed by atoms with Crippen molar-refractivity contribution < 1.29 is 75.9 Å². The van der Waals surface area contributed by atoms with Crippen molar-refractivity contribution >= 4 is 46.0 Å². The Morgan fingerprint density at radius 1 is 0.384 bits per heavy atom. The highest BCUT2D eigenvalue weighted by molar-refractivity contribution is 5.78. The molecule has 8 N–H and O–H groups in total. The molecule has 0 aliphatic carbocycles. The van der Waals surface area contributed by atoms with Gasteiger partial charge in [0, 0.05) is 39.1 Å². The van der Waals surface area contributed by atoms with Crippen LogP contribution in [0.3, 0.4) is 0 Å². The molecule has 0 aliphatic rings. The van der Waals surface area contributed by atoms with Gasteiger partial charge in [-0.15, -0.1) is 0 Å². The summed E-state index contributed by atoms with van der Waals surface area (Å²) < 4.78 is 76.8. The maximum absolute atomic E-state index is 12.2. The van der Waals surface area contributed by atoms with Gasteiger partial charge in [0.1, 0.15) is 24.2 Å². The summed E-state index contributed by atoms with van der Waals surface area (Å²) in [5.74, 6) is 0.730. The number of nitrogens with zero attached hydrogens (tertiary/aromatic N) is 6. The van der Waals surface area contributed by atoms with E-state index in [4.69, 9.17) is 77.8 Å². The summed E-state index contributed by atoms with van der Waals surface area (Å²) in [7, 11) is 0. The summed E-state index contributed by atoms with van der Waals surface area (Å²) in [6, 6.07) is 15.5. The fourth-order valence-corrected chi connectivity index (χ4v) is 7.26. The second-order valence-corrected chi connectivity index (χ2v) is 18.6. The minimum Gasteiger partial charge on any atom is -0.471 e. The van der Waals surface area contributed by atoms with Gasteiger partial charge in [-0.05, 0) is 35.1 Å². The number of H-pyrrole nitrogens is 2. The summed E-state index contributed by atoms with van der Waals surface area (Å²) >= 11 is 0. The first-order chi connectivity index (χ1) is 42.3. The normalized spacial score (nSPS) is 11.3. The molecular formula is C58H88N12O16. The van der Waals surface area contributed by atoms with Crippen LogP contribution >= 0.6 is 0 Å². The maximum Gasteiger partial charge on any atom is 0.245 e. The summed E-state index contributed by atoms with van der Waals surface area (Å²) in [5.41, 5.74) is 17.4. The first kappa shape index (κ1) is 70.0. The number of benzene rings is 2. The molecule has 0 bridgehead atoms. The van der Waals surface area contributed by atoms with E-state index < -0.39 is 0 Å². The number of nitrogen functional groups attached to an aromatic ring is 2. The Labute approximate surface area is 502 Å². The first-order valence-corrected chi connectivity index (χ1v) is 29.1. The highest BCUT2D eigenvalue weighted by Crippen LogP contribution is 2.22. The van der Waals surface area contributed by atoms with Gasteiger partial charge in [-0.2, -0.15) is 19.9 Å². The van der Waals surface area contributed by atoms with Crippen molar-refractivity contribution in [3.63, 3.8) is 0 Å². The van der Waals surface area contributed by atoms with Crippen LogP contribution in [-0.2, 0) is 92.7 Å². The van der Waals surface area contributed by atoms with Gasteiger partial charge in [0.25, 0.3) is 0 Å². The zero-order valence-corrected chi connectivity index (χ0v) is 49.8. The zero-order chi connectivity index (χ0) is 60.8. The second kappa shape index (κ2) is 45.5. The SMILES string of the molecule is CCCOCCOCCOCCOCCC(=O)NCc1ccc(COc2nc(N)nc3nc[nH]c23)cc1.CCCOCCOCCOCCOCCOCCOCCOCCOCCC(=O)NCc1ccc(COc2nc(N)nc3nc[nH]c23)cc1. The Kier molecular flexibility index (Phi) is 37.0. The van der Waals surface area contributed by atoms with Crippen LogP contribution in [0.4, 0.5) is 11.9 Å². The molecule has 86 heavy (non-hydrogen) atoms. The third-order valence-corrected chi connectivity index (χ3v) is 11.7. The smallest absolute Gasteiger partial charge is 0.245 e. The minimum atomic E-state index is -0.0874. The highest BCUT2D eigenvalue weighted by Gasteiger charge is 2.12. The number of hydrogen-bond donors (Lipinski definition) is 6. The van der Waals surface area contributed by atoms with E-state index in [9.17, 15) is 9.59 Å². The van der Waals surface area contributed by atoms with Crippen molar-refractivity contribution in [2.24, 2.45) is 0 Å². The van der Waals surface area contributed by atoms with Gasteiger partial charge in [-0.1, -0.05) is 62.4 Å². The molecule has 4 aromatic heterocycles. The van der Waals surface area contributed by atoms with Gasteiger partial charge in [-0.25, -0.2) is 9.97 Å². The third-order valence-electron chi connectivity index (χ3n) is 11.7. The number of imidazole rings is 2. The quantitative estimate of drug-likeness (QED) is 0.0293. The average molecular weight is 1210 g/mol. The van der Waals surface area contributed by atoms with E-state index in [1.807, 2.05) is 48.5 Å². The van der Waals surface area contributed by atoms with Crippen LogP contribution in [-0.4, -0.2) is 210 Å². The van der Waals surface area contributed by atoms with Gasteiger partial charge >= 0.3 is 0 Å². The predicted molar refractivity (Wildman–Crippen MR) is 317 cm³/mol. The fraction of sp³-hybridized carbons (Fsp3) is 0.586. The largest absolute Gasteiger partial charge is 0.471 e. The number of hydrogen-bond acceptors (Lipinski definition) is 24. The molecule has 0 radical (unpaired) electrons. The topological polar surface area (TPSA) is 348 Å². The van der Waals surface area contributed by atoms with Crippen LogP contribution in [0.2, 0.25) is 0 Å². The molecule has 28 nitrogen and oxygen atoms in total. The molecule has 0 unspecified atom stereocenters. The number of fused-ring (bicyclic) bond motifs is 2. The number of nitrogens with two attached hydrogens (primary N) is 2. The van der Waals surface area contributed by atoms with Crippen LogP contribution in [0.5, 0.6) is 11.8 Å². The van der Waals surface area contributed by atoms with Gasteiger partial charge in [0.2, 0.25) is 35.5 Å². The lowest BCUT2D eigenvalue weighted by atomic mass is 10.1. The van der Waals surface area contributed by atoms with Crippen LogP contribution in [0.25, 0.3) is 22.3 Å². The molecule has 476 valence electrons. The number of nitrogens with one attached hydrogen (secondary N) is 4. The fourth-order valence-electron chi connectivity index (χ4n) is 7.26. The van der Waals surface area contributed by atoms with Crippen molar-refractivity contribution in [3.8, 4) is 11.8 Å². The van der Waals surface area contributed by atoms with Crippen molar-refractivity contribution in [3.05, 3.63) is 83.4 Å². The van der Waals surface area contributed by atoms with Crippen LogP contribution in [0, 0.1) is 0 Å². The highest BCUT2D eigenvalue weighted by atomic mass is 16.6. The van der Waals surface area contributed by atoms with E-state index in [2.05, 4.69) is 64.4 Å². The predicted octanol–water partition coefficient (Wildman–Crippen LogP) is 4.06. The Bertz CT molecular complexity index is 2690. The monoisotopic (exact) mass is 1210 g/mol. The van der Waals surface area contributed by atoms with E-state index in [0.29, 0.717) is 206 Å². The summed E-state index contributed by atoms with van der Waals surface area (Å²) in [6.45, 7) is 18.0. The Morgan fingerprint density at radius 3 is 0.942 bits per heavy atom. The average Bonchev–Trinajstić information content (AvgIpc) is 3.95. The lowest BCUT2D eigenvalue weighted by Crippen LogP contribution is -2.24. The minimum absolute atomic E-state index is 0.0723. The van der Waals surface area contributed by atoms with E-state index in [1.54, 1.807) is 0 Å². The van der Waals surface area contributed by atoms with E-state index >= 15 is 0 Å². The van der Waals surface area contributed by atoms with Crippen LogP contribution in [0.15, 0.2) is 61.2 Å². The maximum atomic E-state index is 12.2. The number of carbonyl (C=O) groups is 2. The Balaban J connectivity index is 0.000000326. The lowest BCUT2D eigenvalue weighted by Gasteiger charge is -2.09. The number of rotatable bonds is 50. The van der Waals surface area contributed by atoms with Crippen molar-refractivity contribution in [2.45, 2.75) is 65.8 Å². The molecule has 0 fully saturated rings. The standard InChI is InChI=1S/C33H52N6O10.C25H36N6O6/c1-2-8-41-10-12-43-14-16-45-18-20-47-22-23-48-21-19-46-17-15-44-13-11-42-9-7-29(40)35-24-27-3-5-28(6-4-27)25-49-32-30-31(37-26-36-30)38-33(34)39-32;1-2-8-33-10-12-35-14-15-36-13-11-34-9-7-21(32)27-16-19-3-5-20(6-4-19)17-37-24-22-23(29-18-28-22)30-25(26)31-24/h3-6,26H,2,7-25H2,1H3,(H,35,40)(H3,34,36,37,38,39);3-6,18H,2,7-17H2,1H3,(H,27,32)(H3,26,28,29,30,31). The Hall–Kier alpha value is -6.80. The molecule has 4 heterocycles. The first-order valence-electron chi connectivity index (χ1n) is 29.1. The van der Waals surface area contributed by atoms with Crippen molar-refractivity contribution in [1.29, 1.82) is 0 Å². The molecule has 6 rings (SSSR count). The molecule has 0 spiro atoms. The third kappa shape index (κ3) is 31.5. The second-order valence-electron chi connectivity index (χ2n) is 18.6. The number of carbonyl (C=O) groups excluding carboxylic acids is 2. The number of amides is 2. The van der Waals surface area contributed by atoms with E-state index in [0.717, 1.165) is 48.3 Å². The molecule has 0 saturated carbocycles. The molecule has 0 aliphatic heterocycles. The van der Waals surface area contributed by atoms with Crippen LogP contribution in [0.1, 0.15) is 61.8 Å². The van der Waals surface area contributed by atoms with Gasteiger partial charge in [0.05, 0.1) is 158 Å². The molecule has 28 heteroatoms. The Morgan fingerprint density at radius 2 is 0.651 bits per heavy atom. The van der Waals surface area contributed by atoms with Crippen molar-refractivity contribution in [2.75, 3.05) is 170 Å². The van der Waals surface area contributed by atoms with Crippen molar-refractivity contribution in [1.82, 2.24) is 50.5 Å². The number of aromatic amines is 2. The van der Waals surface area contributed by atoms with E-state index in [1.165, 1.54) is 12.7 Å². The number of ether oxygens (including phenoxy) is 14. The zero-order valence-electron chi connectivity index (χ0n) is 49.8. The molecule has 0 saturated heterocycles. The molecular weight excluding hydrogens is 1120 g/mol. The van der Waals surface area contributed by atoms with Gasteiger partial charge in [-0.3, -0.25) is 9.59 Å². The summed E-state index contributed by atoms with van der Waals surface area (Å²) in [6.07, 6.45) is 5.61. The van der Waals surface area contributed by atoms with Gasteiger partial charge in [0.15, 0.2) is 11.3 Å². The molecule has 6 aromatic rings. The number of aromatic nitrogens is 8. The molecule has 2 aromatic carbocycles. The molecule has 0 atom stereocenters. The summed E-state index contributed by atoms with van der Waals surface area (Å²) in [4.78, 5) is 54.6. The lowest BCUT2D eigenvalue weighted by molar-refractivity contribution is -0.123. The van der Waals surface area contributed by atoms with Gasteiger partial charge < -0.3 is 98.4 Å².